The highest BCUT2D eigenvalue weighted by molar-refractivity contribution is 4.81. The van der Waals surface area contributed by atoms with Crippen molar-refractivity contribution in [3.05, 3.63) is 0 Å². The average molecular weight is 184 g/mol. The van der Waals surface area contributed by atoms with Crippen molar-refractivity contribution in [1.82, 2.24) is 4.90 Å². The van der Waals surface area contributed by atoms with Crippen molar-refractivity contribution in [2.24, 2.45) is 5.92 Å². The number of rotatable bonds is 3. The van der Waals surface area contributed by atoms with Crippen molar-refractivity contribution in [2.75, 3.05) is 26.2 Å². The van der Waals surface area contributed by atoms with E-state index in [2.05, 4.69) is 11.0 Å². The maximum Gasteiger partial charge on any atom is 0.0635 e. The molecule has 0 spiro atoms. The van der Waals surface area contributed by atoms with Gasteiger partial charge in [-0.2, -0.15) is 5.26 Å². The second kappa shape index (κ2) is 5.18. The molecule has 0 saturated carbocycles. The average Bonchev–Trinajstić information content (AvgIpc) is 2.16. The van der Waals surface area contributed by atoms with Crippen molar-refractivity contribution < 1.29 is 10.2 Å². The SMILES string of the molecule is N#CCCN1CCC(O)C(CO)C1. The van der Waals surface area contributed by atoms with Crippen molar-refractivity contribution in [1.29, 1.82) is 5.26 Å². The molecule has 0 aromatic heterocycles. The van der Waals surface area contributed by atoms with E-state index in [1.54, 1.807) is 0 Å². The van der Waals surface area contributed by atoms with E-state index >= 15 is 0 Å². The normalized spacial score (nSPS) is 29.9. The minimum absolute atomic E-state index is 0.0320. The number of aliphatic hydroxyl groups is 2. The van der Waals surface area contributed by atoms with Gasteiger partial charge in [-0.25, -0.2) is 0 Å². The summed E-state index contributed by atoms with van der Waals surface area (Å²) in [5, 5.41) is 26.8. The molecule has 0 radical (unpaired) electrons. The molecule has 1 aliphatic heterocycles. The summed E-state index contributed by atoms with van der Waals surface area (Å²) in [7, 11) is 0. The van der Waals surface area contributed by atoms with Gasteiger partial charge in [0.25, 0.3) is 0 Å². The van der Waals surface area contributed by atoms with Crippen LogP contribution >= 0.6 is 0 Å². The molecule has 1 fully saturated rings. The van der Waals surface area contributed by atoms with Crippen molar-refractivity contribution in [2.45, 2.75) is 18.9 Å². The molecule has 1 rings (SSSR count). The highest BCUT2D eigenvalue weighted by atomic mass is 16.3. The Labute approximate surface area is 78.4 Å². The maximum atomic E-state index is 9.46. The van der Waals surface area contributed by atoms with Crippen LogP contribution < -0.4 is 0 Å². The van der Waals surface area contributed by atoms with E-state index in [0.717, 1.165) is 13.1 Å². The van der Waals surface area contributed by atoms with Crippen molar-refractivity contribution in [3.63, 3.8) is 0 Å². The fourth-order valence-corrected chi connectivity index (χ4v) is 1.69. The third kappa shape index (κ3) is 2.96. The Morgan fingerprint density at radius 3 is 2.92 bits per heavy atom. The molecule has 0 amide bonds. The zero-order valence-electron chi connectivity index (χ0n) is 7.69. The van der Waals surface area contributed by atoms with Crippen LogP contribution in [-0.4, -0.2) is 47.5 Å². The third-order valence-electron chi connectivity index (χ3n) is 2.55. The first-order valence-electron chi connectivity index (χ1n) is 4.66. The molecule has 2 atom stereocenters. The van der Waals surface area contributed by atoms with Crippen LogP contribution in [0.3, 0.4) is 0 Å². The summed E-state index contributed by atoms with van der Waals surface area (Å²) in [6.45, 7) is 2.32. The molecule has 2 unspecified atom stereocenters. The van der Waals surface area contributed by atoms with Crippen LogP contribution in [-0.2, 0) is 0 Å². The van der Waals surface area contributed by atoms with Gasteiger partial charge < -0.3 is 15.1 Å². The van der Waals surface area contributed by atoms with Gasteiger partial charge in [-0.15, -0.1) is 0 Å². The summed E-state index contributed by atoms with van der Waals surface area (Å²) in [6, 6.07) is 2.09. The van der Waals surface area contributed by atoms with E-state index in [-0.39, 0.29) is 18.6 Å². The Balaban J connectivity index is 2.32. The van der Waals surface area contributed by atoms with Crippen LogP contribution in [0.4, 0.5) is 0 Å². The van der Waals surface area contributed by atoms with Gasteiger partial charge in [0.05, 0.1) is 12.2 Å². The predicted molar refractivity (Wildman–Crippen MR) is 47.9 cm³/mol. The van der Waals surface area contributed by atoms with E-state index in [9.17, 15) is 5.11 Å². The third-order valence-corrected chi connectivity index (χ3v) is 2.55. The van der Waals surface area contributed by atoms with Gasteiger partial charge in [0.15, 0.2) is 0 Å². The minimum atomic E-state index is -0.372. The molecular weight excluding hydrogens is 168 g/mol. The van der Waals surface area contributed by atoms with E-state index in [0.29, 0.717) is 19.4 Å². The molecule has 1 aliphatic rings. The van der Waals surface area contributed by atoms with E-state index < -0.39 is 0 Å². The lowest BCUT2D eigenvalue weighted by Gasteiger charge is -2.34. The summed E-state index contributed by atoms with van der Waals surface area (Å²) in [4.78, 5) is 2.12. The van der Waals surface area contributed by atoms with Crippen LogP contribution in [0.2, 0.25) is 0 Å². The molecule has 0 aromatic carbocycles. The molecule has 2 N–H and O–H groups in total. The minimum Gasteiger partial charge on any atom is -0.396 e. The zero-order valence-corrected chi connectivity index (χ0v) is 7.69. The summed E-state index contributed by atoms with van der Waals surface area (Å²) in [5.41, 5.74) is 0. The molecular formula is C9H16N2O2. The van der Waals surface area contributed by atoms with Crippen LogP contribution in [0.15, 0.2) is 0 Å². The largest absolute Gasteiger partial charge is 0.396 e. The molecule has 1 heterocycles. The quantitative estimate of drug-likeness (QED) is 0.625. The van der Waals surface area contributed by atoms with Gasteiger partial charge in [-0.05, 0) is 6.42 Å². The molecule has 1 saturated heterocycles. The summed E-state index contributed by atoms with van der Waals surface area (Å²) >= 11 is 0. The van der Waals surface area contributed by atoms with E-state index in [4.69, 9.17) is 10.4 Å². The highest BCUT2D eigenvalue weighted by Gasteiger charge is 2.26. The Hall–Kier alpha value is -0.630. The summed E-state index contributed by atoms with van der Waals surface area (Å²) in [5.74, 6) is -0.0348. The number of nitrogens with zero attached hydrogens (tertiary/aromatic N) is 2. The lowest BCUT2D eigenvalue weighted by molar-refractivity contribution is 0.00124. The fourth-order valence-electron chi connectivity index (χ4n) is 1.69. The molecule has 0 aromatic rings. The van der Waals surface area contributed by atoms with E-state index in [1.807, 2.05) is 0 Å². The smallest absolute Gasteiger partial charge is 0.0635 e. The Morgan fingerprint density at radius 2 is 2.31 bits per heavy atom. The van der Waals surface area contributed by atoms with Crippen molar-refractivity contribution >= 4 is 0 Å². The van der Waals surface area contributed by atoms with Crippen molar-refractivity contribution in [3.8, 4) is 6.07 Å². The lowest BCUT2D eigenvalue weighted by Crippen LogP contribution is -2.44. The molecule has 0 bridgehead atoms. The fraction of sp³-hybridized carbons (Fsp3) is 0.889. The topological polar surface area (TPSA) is 67.5 Å². The van der Waals surface area contributed by atoms with Gasteiger partial charge in [-0.1, -0.05) is 0 Å². The van der Waals surface area contributed by atoms with Crippen LogP contribution in [0.1, 0.15) is 12.8 Å². The van der Waals surface area contributed by atoms with Crippen LogP contribution in [0.5, 0.6) is 0 Å². The first kappa shape index (κ1) is 10.5. The van der Waals surface area contributed by atoms with Gasteiger partial charge in [0, 0.05) is 38.6 Å². The number of aliphatic hydroxyl groups excluding tert-OH is 2. The van der Waals surface area contributed by atoms with Crippen LogP contribution in [0.25, 0.3) is 0 Å². The second-order valence-electron chi connectivity index (χ2n) is 3.51. The number of hydrogen-bond acceptors (Lipinski definition) is 4. The lowest BCUT2D eigenvalue weighted by atomic mass is 9.95. The number of piperidine rings is 1. The van der Waals surface area contributed by atoms with E-state index in [1.165, 1.54) is 0 Å². The van der Waals surface area contributed by atoms with Gasteiger partial charge in [-0.3, -0.25) is 0 Å². The molecule has 13 heavy (non-hydrogen) atoms. The Bertz CT molecular complexity index is 191. The Kier molecular flexibility index (Phi) is 4.16. The standard InChI is InChI=1S/C9H16N2O2/c10-3-1-4-11-5-2-9(13)8(6-11)7-12/h8-9,12-13H,1-2,4-7H2. The van der Waals surface area contributed by atoms with Gasteiger partial charge >= 0.3 is 0 Å². The molecule has 0 aliphatic carbocycles. The maximum absolute atomic E-state index is 9.46. The highest BCUT2D eigenvalue weighted by Crippen LogP contribution is 2.16. The monoisotopic (exact) mass is 184 g/mol. The summed E-state index contributed by atoms with van der Waals surface area (Å²) < 4.78 is 0. The molecule has 74 valence electrons. The molecule has 4 heteroatoms. The molecule has 4 nitrogen and oxygen atoms in total. The van der Waals surface area contributed by atoms with Crippen LogP contribution in [0, 0.1) is 17.2 Å². The number of nitriles is 1. The Morgan fingerprint density at radius 1 is 1.54 bits per heavy atom. The number of likely N-dealkylation sites (tertiary alicyclic amines) is 1. The number of hydrogen-bond donors (Lipinski definition) is 2. The predicted octanol–water partition coefficient (Wildman–Crippen LogP) is -0.425. The second-order valence-corrected chi connectivity index (χ2v) is 3.51. The first-order valence-corrected chi connectivity index (χ1v) is 4.66. The first-order chi connectivity index (χ1) is 6.27. The zero-order chi connectivity index (χ0) is 9.68. The van der Waals surface area contributed by atoms with Gasteiger partial charge in [0.2, 0.25) is 0 Å². The van der Waals surface area contributed by atoms with Gasteiger partial charge in [0.1, 0.15) is 0 Å². The summed E-state index contributed by atoms with van der Waals surface area (Å²) in [6.07, 6.45) is 0.855.